The third kappa shape index (κ3) is 3.67. The van der Waals surface area contributed by atoms with Crippen molar-refractivity contribution in [3.8, 4) is 6.07 Å². The normalized spacial score (nSPS) is 13.1. The van der Waals surface area contributed by atoms with Crippen LogP contribution in [-0.2, 0) is 10.9 Å². The topological polar surface area (TPSA) is 58.8 Å². The van der Waals surface area contributed by atoms with Gasteiger partial charge < -0.3 is 4.74 Å². The molecule has 92 valence electrons. The predicted octanol–water partition coefficient (Wildman–Crippen LogP) is 2.14. The number of halogens is 3. The van der Waals surface area contributed by atoms with Gasteiger partial charge in [-0.25, -0.2) is 9.97 Å². The summed E-state index contributed by atoms with van der Waals surface area (Å²) in [5.41, 5.74) is 0.359. The lowest BCUT2D eigenvalue weighted by Gasteiger charge is -2.09. The number of aromatic nitrogens is 2. The van der Waals surface area contributed by atoms with E-state index in [1.54, 1.807) is 0 Å². The fraction of sp³-hybridized carbons (Fsp3) is 0.500. The Kier molecular flexibility index (Phi) is 4.40. The zero-order valence-corrected chi connectivity index (χ0v) is 9.03. The molecule has 1 rings (SSSR count). The average Bonchev–Trinajstić information content (AvgIpc) is 2.29. The SMILES string of the molecule is COCC[C@@H](C#N)c1cnc(C(F)(F)F)nc1. The minimum absolute atomic E-state index is 0.346. The van der Waals surface area contributed by atoms with E-state index in [9.17, 15) is 13.2 Å². The molecule has 0 saturated carbocycles. The van der Waals surface area contributed by atoms with Crippen molar-refractivity contribution < 1.29 is 17.9 Å². The Labute approximate surface area is 96.1 Å². The first-order valence-electron chi connectivity index (χ1n) is 4.76. The summed E-state index contributed by atoms with van der Waals surface area (Å²) in [5, 5.41) is 8.85. The molecule has 17 heavy (non-hydrogen) atoms. The van der Waals surface area contributed by atoms with Crippen LogP contribution in [0.4, 0.5) is 13.2 Å². The van der Waals surface area contributed by atoms with Gasteiger partial charge in [0.2, 0.25) is 5.82 Å². The van der Waals surface area contributed by atoms with Crippen molar-refractivity contribution >= 4 is 0 Å². The van der Waals surface area contributed by atoms with Crippen molar-refractivity contribution in [2.75, 3.05) is 13.7 Å². The van der Waals surface area contributed by atoms with Crippen LogP contribution in [0.25, 0.3) is 0 Å². The molecule has 0 fully saturated rings. The van der Waals surface area contributed by atoms with Gasteiger partial charge in [0.05, 0.1) is 12.0 Å². The summed E-state index contributed by atoms with van der Waals surface area (Å²) in [6.45, 7) is 0.346. The fourth-order valence-corrected chi connectivity index (χ4v) is 1.21. The van der Waals surface area contributed by atoms with E-state index < -0.39 is 17.9 Å². The highest BCUT2D eigenvalue weighted by Gasteiger charge is 2.34. The maximum absolute atomic E-state index is 12.2. The van der Waals surface area contributed by atoms with Crippen molar-refractivity contribution in [1.29, 1.82) is 5.26 Å². The first kappa shape index (κ1) is 13.4. The van der Waals surface area contributed by atoms with Gasteiger partial charge in [0, 0.05) is 31.7 Å². The third-order valence-electron chi connectivity index (χ3n) is 2.09. The highest BCUT2D eigenvalue weighted by atomic mass is 19.4. The summed E-state index contributed by atoms with van der Waals surface area (Å²) in [5.74, 6) is -1.76. The van der Waals surface area contributed by atoms with Crippen LogP contribution in [0.1, 0.15) is 23.7 Å². The van der Waals surface area contributed by atoms with Crippen molar-refractivity contribution in [2.45, 2.75) is 18.5 Å². The van der Waals surface area contributed by atoms with Gasteiger partial charge in [-0.1, -0.05) is 0 Å². The van der Waals surface area contributed by atoms with Crippen LogP contribution < -0.4 is 0 Å². The molecule has 1 aromatic rings. The molecule has 7 heteroatoms. The van der Waals surface area contributed by atoms with Crippen LogP contribution >= 0.6 is 0 Å². The lowest BCUT2D eigenvalue weighted by molar-refractivity contribution is -0.145. The van der Waals surface area contributed by atoms with Crippen molar-refractivity contribution in [3.63, 3.8) is 0 Å². The number of nitrogens with zero attached hydrogens (tertiary/aromatic N) is 3. The smallest absolute Gasteiger partial charge is 0.385 e. The standard InChI is InChI=1S/C10H10F3N3O/c1-17-3-2-7(4-14)8-5-15-9(16-6-8)10(11,12)13/h5-7H,2-3H2,1H3/t7-/m0/s1. The molecule has 0 aromatic carbocycles. The number of nitriles is 1. The van der Waals surface area contributed by atoms with E-state index in [1.165, 1.54) is 7.11 Å². The summed E-state index contributed by atoms with van der Waals surface area (Å²) >= 11 is 0. The number of hydrogen-bond donors (Lipinski definition) is 0. The van der Waals surface area contributed by atoms with E-state index in [4.69, 9.17) is 10.00 Å². The number of rotatable bonds is 4. The van der Waals surface area contributed by atoms with Crippen LogP contribution in [0.5, 0.6) is 0 Å². The van der Waals surface area contributed by atoms with Crippen molar-refractivity contribution in [2.24, 2.45) is 0 Å². The van der Waals surface area contributed by atoms with E-state index >= 15 is 0 Å². The van der Waals surface area contributed by atoms with Crippen LogP contribution in [0.3, 0.4) is 0 Å². The second-order valence-electron chi connectivity index (χ2n) is 3.30. The van der Waals surface area contributed by atoms with Crippen LogP contribution in [0.15, 0.2) is 12.4 Å². The Hall–Kier alpha value is -1.68. The van der Waals surface area contributed by atoms with Gasteiger partial charge in [-0.15, -0.1) is 0 Å². The van der Waals surface area contributed by atoms with E-state index in [0.717, 1.165) is 12.4 Å². The Morgan fingerprint density at radius 3 is 2.41 bits per heavy atom. The van der Waals surface area contributed by atoms with Crippen molar-refractivity contribution in [3.05, 3.63) is 23.8 Å². The second-order valence-corrected chi connectivity index (χ2v) is 3.30. The van der Waals surface area contributed by atoms with Gasteiger partial charge in [-0.2, -0.15) is 18.4 Å². The summed E-state index contributed by atoms with van der Waals surface area (Å²) in [6.07, 6.45) is -2.12. The van der Waals surface area contributed by atoms with Crippen LogP contribution in [0.2, 0.25) is 0 Å². The van der Waals surface area contributed by atoms with Crippen molar-refractivity contribution in [1.82, 2.24) is 9.97 Å². The van der Waals surface area contributed by atoms with Crippen LogP contribution in [-0.4, -0.2) is 23.7 Å². The minimum atomic E-state index is -4.56. The number of alkyl halides is 3. The highest BCUT2D eigenvalue weighted by Crippen LogP contribution is 2.26. The molecule has 0 saturated heterocycles. The van der Waals surface area contributed by atoms with Gasteiger partial charge in [0.1, 0.15) is 0 Å². The summed E-state index contributed by atoms with van der Waals surface area (Å²) in [7, 11) is 1.48. The monoisotopic (exact) mass is 245 g/mol. The van der Waals surface area contributed by atoms with E-state index in [2.05, 4.69) is 9.97 Å². The molecule has 0 bridgehead atoms. The molecule has 0 unspecified atom stereocenters. The number of ether oxygens (including phenoxy) is 1. The fourth-order valence-electron chi connectivity index (χ4n) is 1.21. The second kappa shape index (κ2) is 5.59. The quantitative estimate of drug-likeness (QED) is 0.815. The first-order valence-corrected chi connectivity index (χ1v) is 4.76. The Morgan fingerprint density at radius 2 is 2.00 bits per heavy atom. The van der Waals surface area contributed by atoms with Gasteiger partial charge in [-0.05, 0) is 6.42 Å². The largest absolute Gasteiger partial charge is 0.451 e. The first-order chi connectivity index (χ1) is 7.99. The lowest BCUT2D eigenvalue weighted by Crippen LogP contribution is -2.12. The Morgan fingerprint density at radius 1 is 1.41 bits per heavy atom. The van der Waals surface area contributed by atoms with Gasteiger partial charge in [-0.3, -0.25) is 0 Å². The van der Waals surface area contributed by atoms with E-state index in [1.807, 2.05) is 6.07 Å². The summed E-state index contributed by atoms with van der Waals surface area (Å²) in [4.78, 5) is 6.40. The molecule has 1 aromatic heterocycles. The Bertz CT molecular complexity index is 397. The summed E-state index contributed by atoms with van der Waals surface area (Å²) in [6, 6.07) is 1.97. The molecule has 0 amide bonds. The minimum Gasteiger partial charge on any atom is -0.385 e. The zero-order chi connectivity index (χ0) is 12.9. The molecule has 0 aliphatic heterocycles. The van der Waals surface area contributed by atoms with Gasteiger partial charge in [0.15, 0.2) is 0 Å². The predicted molar refractivity (Wildman–Crippen MR) is 51.9 cm³/mol. The Balaban J connectivity index is 2.83. The molecule has 0 spiro atoms. The maximum Gasteiger partial charge on any atom is 0.451 e. The average molecular weight is 245 g/mol. The van der Waals surface area contributed by atoms with Crippen LogP contribution in [0, 0.1) is 11.3 Å². The lowest BCUT2D eigenvalue weighted by atomic mass is 10.0. The molecular weight excluding hydrogens is 235 g/mol. The number of methoxy groups -OCH3 is 1. The summed E-state index contributed by atoms with van der Waals surface area (Å²) < 4.78 is 41.4. The third-order valence-corrected chi connectivity index (χ3v) is 2.09. The molecule has 0 N–H and O–H groups in total. The molecule has 4 nitrogen and oxygen atoms in total. The molecule has 1 atom stereocenters. The molecular formula is C10H10F3N3O. The molecule has 0 aliphatic rings. The number of hydrogen-bond acceptors (Lipinski definition) is 4. The zero-order valence-electron chi connectivity index (χ0n) is 9.03. The molecule has 1 heterocycles. The highest BCUT2D eigenvalue weighted by molar-refractivity contribution is 5.19. The van der Waals surface area contributed by atoms with Gasteiger partial charge >= 0.3 is 6.18 Å². The molecule has 0 aliphatic carbocycles. The van der Waals surface area contributed by atoms with E-state index in [0.29, 0.717) is 18.6 Å². The van der Waals surface area contributed by atoms with Gasteiger partial charge in [0.25, 0.3) is 0 Å². The van der Waals surface area contributed by atoms with E-state index in [-0.39, 0.29) is 0 Å². The molecule has 0 radical (unpaired) electrons. The maximum atomic E-state index is 12.2.